The fourth-order valence-corrected chi connectivity index (χ4v) is 2.77. The van der Waals surface area contributed by atoms with Crippen LogP contribution in [0.4, 0.5) is 4.39 Å². The number of nitrogens with zero attached hydrogens (tertiary/aromatic N) is 2. The van der Waals surface area contributed by atoms with Gasteiger partial charge in [-0.05, 0) is 56.2 Å². The molecule has 0 aliphatic heterocycles. The summed E-state index contributed by atoms with van der Waals surface area (Å²) in [7, 11) is 1.73. The second kappa shape index (κ2) is 12.9. The predicted octanol–water partition coefficient (Wildman–Crippen LogP) is 4.93. The number of aromatic nitrogens is 1. The highest BCUT2D eigenvalue weighted by atomic mass is 127. The van der Waals surface area contributed by atoms with Gasteiger partial charge in [0.15, 0.2) is 5.96 Å². The van der Waals surface area contributed by atoms with Crippen LogP contribution in [0.15, 0.2) is 64.2 Å². The smallest absolute Gasteiger partial charge is 0.226 e. The summed E-state index contributed by atoms with van der Waals surface area (Å²) in [6.45, 7) is 3.91. The van der Waals surface area contributed by atoms with Crippen LogP contribution in [-0.4, -0.2) is 31.1 Å². The van der Waals surface area contributed by atoms with Crippen molar-refractivity contribution >= 4 is 29.9 Å². The number of unbranched alkanes of at least 4 members (excludes halogenated alkanes) is 1. The Morgan fingerprint density at radius 1 is 1.06 bits per heavy atom. The fourth-order valence-electron chi connectivity index (χ4n) is 2.77. The second-order valence-corrected chi connectivity index (χ2v) is 6.87. The van der Waals surface area contributed by atoms with E-state index in [1.165, 1.54) is 17.7 Å². The molecular weight excluding hydrogens is 510 g/mol. The van der Waals surface area contributed by atoms with Gasteiger partial charge in [-0.2, -0.15) is 0 Å². The lowest BCUT2D eigenvalue weighted by Crippen LogP contribution is -2.37. The van der Waals surface area contributed by atoms with E-state index in [9.17, 15) is 4.39 Å². The van der Waals surface area contributed by atoms with E-state index >= 15 is 0 Å². The zero-order valence-corrected chi connectivity index (χ0v) is 20.1. The van der Waals surface area contributed by atoms with Crippen LogP contribution in [-0.2, 0) is 6.54 Å². The third-order valence-corrected chi connectivity index (χ3v) is 4.46. The van der Waals surface area contributed by atoms with Crippen molar-refractivity contribution in [1.82, 2.24) is 15.6 Å². The van der Waals surface area contributed by atoms with Crippen molar-refractivity contribution in [3.05, 3.63) is 71.9 Å². The molecule has 0 unspecified atom stereocenters. The molecular formula is C23H28FIN4O2. The summed E-state index contributed by atoms with van der Waals surface area (Å²) in [6.07, 6.45) is 3.45. The average molecular weight is 538 g/mol. The molecule has 0 fully saturated rings. The van der Waals surface area contributed by atoms with Crippen LogP contribution in [0.1, 0.15) is 24.1 Å². The quantitative estimate of drug-likeness (QED) is 0.175. The highest BCUT2D eigenvalue weighted by Gasteiger charge is 2.07. The highest BCUT2D eigenvalue weighted by molar-refractivity contribution is 14.0. The highest BCUT2D eigenvalue weighted by Crippen LogP contribution is 2.19. The van der Waals surface area contributed by atoms with E-state index in [2.05, 4.69) is 20.6 Å². The van der Waals surface area contributed by atoms with Gasteiger partial charge < -0.3 is 19.8 Å². The summed E-state index contributed by atoms with van der Waals surface area (Å²) < 4.78 is 24.0. The summed E-state index contributed by atoms with van der Waals surface area (Å²) in [5.41, 5.74) is 2.96. The average Bonchev–Trinajstić information content (AvgIpc) is 3.23. The van der Waals surface area contributed by atoms with Crippen molar-refractivity contribution in [3.63, 3.8) is 0 Å². The van der Waals surface area contributed by atoms with Crippen LogP contribution in [0.2, 0.25) is 0 Å². The molecule has 0 saturated carbocycles. The predicted molar refractivity (Wildman–Crippen MR) is 131 cm³/mol. The van der Waals surface area contributed by atoms with Gasteiger partial charge in [0, 0.05) is 19.2 Å². The molecule has 0 spiro atoms. The summed E-state index contributed by atoms with van der Waals surface area (Å²) in [5, 5.41) is 6.50. The Morgan fingerprint density at radius 3 is 2.52 bits per heavy atom. The first kappa shape index (κ1) is 24.6. The van der Waals surface area contributed by atoms with Gasteiger partial charge in [0.1, 0.15) is 17.8 Å². The maximum atomic E-state index is 12.9. The van der Waals surface area contributed by atoms with Gasteiger partial charge in [0.05, 0.1) is 18.8 Å². The number of benzene rings is 2. The van der Waals surface area contributed by atoms with E-state index < -0.39 is 0 Å². The van der Waals surface area contributed by atoms with E-state index in [-0.39, 0.29) is 29.8 Å². The summed E-state index contributed by atoms with van der Waals surface area (Å²) >= 11 is 0. The monoisotopic (exact) mass is 538 g/mol. The molecule has 31 heavy (non-hydrogen) atoms. The van der Waals surface area contributed by atoms with Crippen LogP contribution in [0.25, 0.3) is 11.5 Å². The molecule has 8 heteroatoms. The lowest BCUT2D eigenvalue weighted by atomic mass is 10.1. The lowest BCUT2D eigenvalue weighted by Gasteiger charge is -2.11. The molecule has 6 nitrogen and oxygen atoms in total. The lowest BCUT2D eigenvalue weighted by molar-refractivity contribution is 0.306. The van der Waals surface area contributed by atoms with Crippen molar-refractivity contribution in [3.8, 4) is 17.2 Å². The van der Waals surface area contributed by atoms with Crippen LogP contribution >= 0.6 is 24.0 Å². The Morgan fingerprint density at radius 2 is 1.81 bits per heavy atom. The van der Waals surface area contributed by atoms with E-state index in [0.29, 0.717) is 30.8 Å². The first-order valence-corrected chi connectivity index (χ1v) is 9.98. The molecule has 1 aromatic heterocycles. The zero-order valence-electron chi connectivity index (χ0n) is 17.7. The minimum Gasteiger partial charge on any atom is -0.494 e. The van der Waals surface area contributed by atoms with Crippen LogP contribution in [0.5, 0.6) is 5.75 Å². The van der Waals surface area contributed by atoms with Gasteiger partial charge in [-0.1, -0.05) is 17.7 Å². The van der Waals surface area contributed by atoms with Crippen LogP contribution in [0, 0.1) is 12.7 Å². The molecule has 3 aromatic rings. The number of ether oxygens (including phenoxy) is 1. The Labute approximate surface area is 199 Å². The third kappa shape index (κ3) is 8.20. The number of oxazole rings is 1. The largest absolute Gasteiger partial charge is 0.494 e. The Kier molecular flexibility index (Phi) is 10.3. The number of nitrogens with one attached hydrogen (secondary N) is 2. The maximum absolute atomic E-state index is 12.9. The SMILES string of the molecule is CN=C(NCCCCOc1ccc(F)cc1)NCc1coc(-c2ccc(C)cc2)n1.I. The second-order valence-electron chi connectivity index (χ2n) is 6.87. The standard InChI is InChI=1S/C23H27FN4O2.HI/c1-17-5-7-18(8-6-17)22-28-20(16-30-22)15-27-23(25-2)26-13-3-4-14-29-21-11-9-19(24)10-12-21;/h5-12,16H,3-4,13-15H2,1-2H3,(H2,25,26,27);1H. The fraction of sp³-hybridized carbons (Fsp3) is 0.304. The molecule has 1 heterocycles. The van der Waals surface area contributed by atoms with Gasteiger partial charge in [0.2, 0.25) is 5.89 Å². The minimum absolute atomic E-state index is 0. The van der Waals surface area contributed by atoms with Gasteiger partial charge in [-0.3, -0.25) is 4.99 Å². The van der Waals surface area contributed by atoms with Gasteiger partial charge >= 0.3 is 0 Å². The van der Waals surface area contributed by atoms with E-state index in [0.717, 1.165) is 30.6 Å². The number of halogens is 2. The molecule has 166 valence electrons. The summed E-state index contributed by atoms with van der Waals surface area (Å²) in [6, 6.07) is 14.1. The van der Waals surface area contributed by atoms with Crippen LogP contribution < -0.4 is 15.4 Å². The molecule has 0 aliphatic carbocycles. The minimum atomic E-state index is -0.262. The van der Waals surface area contributed by atoms with Crippen molar-refractivity contribution in [2.24, 2.45) is 4.99 Å². The number of aryl methyl sites for hydroxylation is 1. The number of hydrogen-bond acceptors (Lipinski definition) is 4. The molecule has 0 aliphatic rings. The number of hydrogen-bond donors (Lipinski definition) is 2. The Hall–Kier alpha value is -2.62. The van der Waals surface area contributed by atoms with Gasteiger partial charge in [0.25, 0.3) is 0 Å². The number of guanidine groups is 1. The Bertz CT molecular complexity index is 943. The summed E-state index contributed by atoms with van der Waals surface area (Å²) in [5.74, 6) is 1.73. The maximum Gasteiger partial charge on any atom is 0.226 e. The molecule has 0 saturated heterocycles. The molecule has 0 bridgehead atoms. The van der Waals surface area contributed by atoms with Crippen molar-refractivity contribution in [1.29, 1.82) is 0 Å². The van der Waals surface area contributed by atoms with Crippen molar-refractivity contribution in [2.75, 3.05) is 20.2 Å². The molecule has 0 radical (unpaired) electrons. The first-order valence-electron chi connectivity index (χ1n) is 9.98. The van der Waals surface area contributed by atoms with E-state index in [1.54, 1.807) is 25.4 Å². The normalized spacial score (nSPS) is 11.0. The van der Waals surface area contributed by atoms with Crippen molar-refractivity contribution < 1.29 is 13.5 Å². The van der Waals surface area contributed by atoms with E-state index in [4.69, 9.17) is 9.15 Å². The molecule has 2 N–H and O–H groups in total. The molecule has 0 amide bonds. The third-order valence-electron chi connectivity index (χ3n) is 4.46. The van der Waals surface area contributed by atoms with Crippen LogP contribution in [0.3, 0.4) is 0 Å². The van der Waals surface area contributed by atoms with E-state index in [1.807, 2.05) is 31.2 Å². The zero-order chi connectivity index (χ0) is 21.2. The molecule has 2 aromatic carbocycles. The molecule has 3 rings (SSSR count). The topological polar surface area (TPSA) is 71.7 Å². The number of aliphatic imine (C=N–C) groups is 1. The van der Waals surface area contributed by atoms with Gasteiger partial charge in [-0.15, -0.1) is 24.0 Å². The Balaban J connectivity index is 0.00000341. The summed E-state index contributed by atoms with van der Waals surface area (Å²) in [4.78, 5) is 8.74. The first-order chi connectivity index (χ1) is 14.6. The van der Waals surface area contributed by atoms with Crippen molar-refractivity contribution in [2.45, 2.75) is 26.3 Å². The molecule has 0 atom stereocenters. The van der Waals surface area contributed by atoms with Gasteiger partial charge in [-0.25, -0.2) is 9.37 Å². The number of rotatable bonds is 9.